The summed E-state index contributed by atoms with van der Waals surface area (Å²) in [5.74, 6) is 0.274. The molecule has 0 fully saturated rings. The lowest BCUT2D eigenvalue weighted by atomic mass is 10.1. The van der Waals surface area contributed by atoms with Gasteiger partial charge < -0.3 is 4.42 Å². The molecular formula is C14H13ClN2O2. The maximum absolute atomic E-state index is 11.8. The fourth-order valence-electron chi connectivity index (χ4n) is 1.57. The molecule has 2 rings (SSSR count). The van der Waals surface area contributed by atoms with Crippen LogP contribution in [0, 0.1) is 6.92 Å². The highest BCUT2D eigenvalue weighted by atomic mass is 35.5. The van der Waals surface area contributed by atoms with Crippen molar-refractivity contribution >= 4 is 23.2 Å². The second-order valence-corrected chi connectivity index (χ2v) is 4.47. The van der Waals surface area contributed by atoms with Crippen LogP contribution in [0.3, 0.4) is 0 Å². The molecule has 1 aromatic heterocycles. The van der Waals surface area contributed by atoms with E-state index in [1.165, 1.54) is 6.26 Å². The number of hydrogen-bond donors (Lipinski definition) is 1. The minimum atomic E-state index is -0.292. The van der Waals surface area contributed by atoms with Gasteiger partial charge in [-0.25, -0.2) is 5.43 Å². The molecule has 4 nitrogen and oxygen atoms in total. The Morgan fingerprint density at radius 1 is 1.26 bits per heavy atom. The fraction of sp³-hybridized carbons (Fsp3) is 0.143. The minimum absolute atomic E-state index is 0.292. The Morgan fingerprint density at radius 2 is 1.95 bits per heavy atom. The lowest BCUT2D eigenvalue weighted by Crippen LogP contribution is -2.19. The SMILES string of the molecule is CC(=NNC(=O)c1ccoc1C)c1ccc(Cl)cc1. The van der Waals surface area contributed by atoms with Crippen LogP contribution >= 0.6 is 11.6 Å². The molecule has 0 aliphatic rings. The molecule has 0 saturated carbocycles. The molecule has 0 unspecified atom stereocenters. The maximum atomic E-state index is 11.8. The Labute approximate surface area is 116 Å². The van der Waals surface area contributed by atoms with Crippen LogP contribution in [0.4, 0.5) is 0 Å². The third kappa shape index (κ3) is 3.23. The van der Waals surface area contributed by atoms with Gasteiger partial charge in [-0.2, -0.15) is 5.10 Å². The van der Waals surface area contributed by atoms with E-state index in [-0.39, 0.29) is 5.91 Å². The number of hydrazone groups is 1. The third-order valence-electron chi connectivity index (χ3n) is 2.69. The minimum Gasteiger partial charge on any atom is -0.469 e. The fourth-order valence-corrected chi connectivity index (χ4v) is 1.70. The number of carbonyl (C=O) groups excluding carboxylic acids is 1. The van der Waals surface area contributed by atoms with Crippen LogP contribution in [0.1, 0.15) is 28.6 Å². The van der Waals surface area contributed by atoms with Crippen molar-refractivity contribution in [1.82, 2.24) is 5.43 Å². The summed E-state index contributed by atoms with van der Waals surface area (Å²) >= 11 is 5.81. The van der Waals surface area contributed by atoms with Crippen LogP contribution in [0.2, 0.25) is 5.02 Å². The number of nitrogens with one attached hydrogen (secondary N) is 1. The number of furan rings is 1. The highest BCUT2D eigenvalue weighted by Gasteiger charge is 2.10. The van der Waals surface area contributed by atoms with E-state index in [0.29, 0.717) is 22.1 Å². The van der Waals surface area contributed by atoms with Gasteiger partial charge in [-0.05, 0) is 37.6 Å². The van der Waals surface area contributed by atoms with Crippen LogP contribution < -0.4 is 5.43 Å². The molecule has 0 atom stereocenters. The summed E-state index contributed by atoms with van der Waals surface area (Å²) in [5.41, 5.74) is 4.57. The van der Waals surface area contributed by atoms with Gasteiger partial charge in [0.25, 0.3) is 5.91 Å². The standard InChI is InChI=1S/C14H13ClN2O2/c1-9(11-3-5-12(15)6-4-11)16-17-14(18)13-7-8-19-10(13)2/h3-8H,1-2H3,(H,17,18). The second-order valence-electron chi connectivity index (χ2n) is 4.04. The van der Waals surface area contributed by atoms with E-state index in [2.05, 4.69) is 10.5 Å². The largest absolute Gasteiger partial charge is 0.469 e. The Morgan fingerprint density at radius 3 is 2.53 bits per heavy atom. The van der Waals surface area contributed by atoms with Gasteiger partial charge in [0.1, 0.15) is 5.76 Å². The number of halogens is 1. The zero-order valence-electron chi connectivity index (χ0n) is 10.6. The first-order valence-corrected chi connectivity index (χ1v) is 6.10. The molecule has 0 spiro atoms. The summed E-state index contributed by atoms with van der Waals surface area (Å²) in [4.78, 5) is 11.8. The molecule has 0 saturated heterocycles. The molecule has 98 valence electrons. The zero-order valence-corrected chi connectivity index (χ0v) is 11.4. The number of hydrogen-bond acceptors (Lipinski definition) is 3. The van der Waals surface area contributed by atoms with Crippen molar-refractivity contribution in [1.29, 1.82) is 0 Å². The van der Waals surface area contributed by atoms with Gasteiger partial charge in [0.05, 0.1) is 17.5 Å². The van der Waals surface area contributed by atoms with E-state index >= 15 is 0 Å². The van der Waals surface area contributed by atoms with E-state index in [1.54, 1.807) is 25.1 Å². The van der Waals surface area contributed by atoms with Crippen molar-refractivity contribution < 1.29 is 9.21 Å². The van der Waals surface area contributed by atoms with E-state index in [1.807, 2.05) is 19.1 Å². The van der Waals surface area contributed by atoms with Crippen LogP contribution in [0.25, 0.3) is 0 Å². The molecule has 0 aliphatic heterocycles. The average molecular weight is 277 g/mol. The van der Waals surface area contributed by atoms with Gasteiger partial charge in [-0.15, -0.1) is 0 Å². The number of benzene rings is 1. The van der Waals surface area contributed by atoms with Crippen LogP contribution in [0.15, 0.2) is 46.1 Å². The Kier molecular flexibility index (Phi) is 4.02. The number of amides is 1. The summed E-state index contributed by atoms with van der Waals surface area (Å²) in [7, 11) is 0. The van der Waals surface area contributed by atoms with Crippen LogP contribution in [-0.4, -0.2) is 11.6 Å². The van der Waals surface area contributed by atoms with Gasteiger partial charge >= 0.3 is 0 Å². The predicted octanol–water partition coefficient (Wildman–Crippen LogP) is 3.40. The third-order valence-corrected chi connectivity index (χ3v) is 2.94. The molecule has 19 heavy (non-hydrogen) atoms. The summed E-state index contributed by atoms with van der Waals surface area (Å²) in [6, 6.07) is 8.85. The molecule has 1 amide bonds. The first kappa shape index (κ1) is 13.4. The molecule has 5 heteroatoms. The van der Waals surface area contributed by atoms with Gasteiger partial charge in [0.15, 0.2) is 0 Å². The average Bonchev–Trinajstić information content (AvgIpc) is 2.83. The maximum Gasteiger partial charge on any atom is 0.274 e. The summed E-state index contributed by atoms with van der Waals surface area (Å²) in [6.07, 6.45) is 1.47. The van der Waals surface area contributed by atoms with Crippen molar-refractivity contribution in [2.75, 3.05) is 0 Å². The first-order valence-electron chi connectivity index (χ1n) is 5.72. The molecule has 1 heterocycles. The molecule has 0 aliphatic carbocycles. The molecule has 0 bridgehead atoms. The number of aryl methyl sites for hydroxylation is 1. The molecule has 2 aromatic rings. The summed E-state index contributed by atoms with van der Waals surface area (Å²) in [5, 5.41) is 4.72. The van der Waals surface area contributed by atoms with Crippen LogP contribution in [0.5, 0.6) is 0 Å². The van der Waals surface area contributed by atoms with Crippen molar-refractivity contribution in [2.24, 2.45) is 5.10 Å². The van der Waals surface area contributed by atoms with E-state index in [9.17, 15) is 4.79 Å². The van der Waals surface area contributed by atoms with Gasteiger partial charge in [0.2, 0.25) is 0 Å². The molecule has 1 N–H and O–H groups in total. The highest BCUT2D eigenvalue weighted by molar-refractivity contribution is 6.30. The van der Waals surface area contributed by atoms with Gasteiger partial charge in [-0.3, -0.25) is 4.79 Å². The van der Waals surface area contributed by atoms with Crippen LogP contribution in [-0.2, 0) is 0 Å². The monoisotopic (exact) mass is 276 g/mol. The lowest BCUT2D eigenvalue weighted by molar-refractivity contribution is 0.0953. The van der Waals surface area contributed by atoms with Gasteiger partial charge in [0, 0.05) is 5.02 Å². The predicted molar refractivity (Wildman–Crippen MR) is 74.6 cm³/mol. The van der Waals surface area contributed by atoms with E-state index in [0.717, 1.165) is 5.56 Å². The van der Waals surface area contributed by atoms with Crippen molar-refractivity contribution in [3.8, 4) is 0 Å². The molecule has 1 aromatic carbocycles. The second kappa shape index (κ2) is 5.71. The van der Waals surface area contributed by atoms with E-state index < -0.39 is 0 Å². The highest BCUT2D eigenvalue weighted by Crippen LogP contribution is 2.11. The van der Waals surface area contributed by atoms with Crippen molar-refractivity contribution in [3.05, 3.63) is 58.5 Å². The Bertz CT molecular complexity index is 615. The zero-order chi connectivity index (χ0) is 13.8. The van der Waals surface area contributed by atoms with Gasteiger partial charge in [-0.1, -0.05) is 23.7 Å². The lowest BCUT2D eigenvalue weighted by Gasteiger charge is -2.02. The number of rotatable bonds is 3. The summed E-state index contributed by atoms with van der Waals surface area (Å²) < 4.78 is 5.07. The quantitative estimate of drug-likeness (QED) is 0.690. The van der Waals surface area contributed by atoms with Crippen molar-refractivity contribution in [3.63, 3.8) is 0 Å². The normalized spacial score (nSPS) is 11.4. The topological polar surface area (TPSA) is 54.6 Å². The number of nitrogens with zero attached hydrogens (tertiary/aromatic N) is 1. The molecule has 0 radical (unpaired) electrons. The first-order chi connectivity index (χ1) is 9.08. The molecular weight excluding hydrogens is 264 g/mol. The Hall–Kier alpha value is -2.07. The smallest absolute Gasteiger partial charge is 0.274 e. The number of carbonyl (C=O) groups is 1. The Balaban J connectivity index is 2.08. The van der Waals surface area contributed by atoms with Crippen molar-refractivity contribution in [2.45, 2.75) is 13.8 Å². The summed E-state index contributed by atoms with van der Waals surface area (Å²) in [6.45, 7) is 3.54. The van der Waals surface area contributed by atoms with E-state index in [4.69, 9.17) is 16.0 Å².